The fourth-order valence-electron chi connectivity index (χ4n) is 3.05. The molecule has 1 atom stereocenters. The second-order valence-corrected chi connectivity index (χ2v) is 11.3. The number of amides is 1. The molecular weight excluding hydrogens is 424 g/mol. The number of rotatable bonds is 9. The maximum Gasteiger partial charge on any atom is 0.232 e. The Hall–Kier alpha value is -2.39. The highest BCUT2D eigenvalue weighted by Crippen LogP contribution is 2.20. The summed E-state index contributed by atoms with van der Waals surface area (Å²) >= 11 is 0. The maximum atomic E-state index is 12.3. The van der Waals surface area contributed by atoms with Crippen LogP contribution in [0.1, 0.15) is 36.9 Å². The van der Waals surface area contributed by atoms with Gasteiger partial charge in [0.1, 0.15) is 0 Å². The van der Waals surface area contributed by atoms with E-state index in [2.05, 4.69) is 5.32 Å². The van der Waals surface area contributed by atoms with Gasteiger partial charge in [0.05, 0.1) is 22.9 Å². The van der Waals surface area contributed by atoms with Gasteiger partial charge in [-0.2, -0.15) is 0 Å². The number of carbonyl (C=O) groups is 1. The van der Waals surface area contributed by atoms with Crippen LogP contribution < -0.4 is 9.62 Å². The Morgan fingerprint density at radius 2 is 1.67 bits per heavy atom. The van der Waals surface area contributed by atoms with E-state index in [1.54, 1.807) is 30.3 Å². The highest BCUT2D eigenvalue weighted by atomic mass is 32.2. The molecule has 0 heterocycles. The smallest absolute Gasteiger partial charge is 0.232 e. The van der Waals surface area contributed by atoms with Crippen molar-refractivity contribution in [1.29, 1.82) is 0 Å². The summed E-state index contributed by atoms with van der Waals surface area (Å²) in [7, 11) is -6.73. The molecule has 7 nitrogen and oxygen atoms in total. The van der Waals surface area contributed by atoms with Crippen molar-refractivity contribution in [1.82, 2.24) is 5.32 Å². The van der Waals surface area contributed by atoms with E-state index in [9.17, 15) is 21.6 Å². The molecule has 9 heteroatoms. The van der Waals surface area contributed by atoms with Gasteiger partial charge in [-0.1, -0.05) is 24.3 Å². The van der Waals surface area contributed by atoms with Gasteiger partial charge in [0.25, 0.3) is 0 Å². The molecule has 0 radical (unpaired) electrons. The molecule has 0 spiro atoms. The Morgan fingerprint density at radius 3 is 2.20 bits per heavy atom. The summed E-state index contributed by atoms with van der Waals surface area (Å²) < 4.78 is 48.7. The zero-order valence-electron chi connectivity index (χ0n) is 17.6. The second-order valence-electron chi connectivity index (χ2n) is 7.41. The molecule has 0 aliphatic carbocycles. The summed E-state index contributed by atoms with van der Waals surface area (Å²) in [6.07, 6.45) is 2.83. The van der Waals surface area contributed by atoms with E-state index in [1.165, 1.54) is 16.4 Å². The molecule has 2 aromatic rings. The van der Waals surface area contributed by atoms with Crippen LogP contribution in [0.3, 0.4) is 0 Å². The fraction of sp³-hybridized carbons (Fsp3) is 0.381. The lowest BCUT2D eigenvalue weighted by atomic mass is 10.1. The highest BCUT2D eigenvalue weighted by Gasteiger charge is 2.18. The SMILES string of the molecule is Cc1cccc(N(CCCC(=O)N[C@H](C)c2ccc(S(C)(=O)=O)cc2)S(C)(=O)=O)c1. The third-order valence-corrected chi connectivity index (χ3v) is 6.96. The summed E-state index contributed by atoms with van der Waals surface area (Å²) in [5, 5.41) is 2.86. The molecule has 0 aromatic heterocycles. The molecule has 0 saturated heterocycles. The van der Waals surface area contributed by atoms with Gasteiger partial charge in [-0.15, -0.1) is 0 Å². The molecule has 2 rings (SSSR count). The van der Waals surface area contributed by atoms with Crippen molar-refractivity contribution in [3.8, 4) is 0 Å². The Labute approximate surface area is 179 Å². The molecule has 30 heavy (non-hydrogen) atoms. The summed E-state index contributed by atoms with van der Waals surface area (Å²) in [5.41, 5.74) is 2.32. The molecule has 0 aliphatic heterocycles. The number of carbonyl (C=O) groups excluding carboxylic acids is 1. The lowest BCUT2D eigenvalue weighted by molar-refractivity contribution is -0.121. The molecule has 0 fully saturated rings. The molecule has 0 unspecified atom stereocenters. The molecule has 2 aromatic carbocycles. The average molecular weight is 453 g/mol. The minimum absolute atomic E-state index is 0.170. The van der Waals surface area contributed by atoms with Crippen LogP contribution >= 0.6 is 0 Å². The quantitative estimate of drug-likeness (QED) is 0.631. The molecule has 0 aliphatic rings. The monoisotopic (exact) mass is 452 g/mol. The normalized spacial score (nSPS) is 12.9. The Morgan fingerprint density at radius 1 is 1.03 bits per heavy atom. The summed E-state index contributed by atoms with van der Waals surface area (Å²) in [6, 6.07) is 13.3. The van der Waals surface area contributed by atoms with E-state index in [0.29, 0.717) is 12.1 Å². The van der Waals surface area contributed by atoms with Gasteiger partial charge in [0.2, 0.25) is 15.9 Å². The van der Waals surface area contributed by atoms with Crippen LogP contribution in [0.4, 0.5) is 5.69 Å². The first-order valence-corrected chi connectivity index (χ1v) is 13.3. The number of benzene rings is 2. The first-order chi connectivity index (χ1) is 13.9. The molecule has 1 N–H and O–H groups in total. The van der Waals surface area contributed by atoms with E-state index in [-0.39, 0.29) is 29.8 Å². The Bertz CT molecular complexity index is 1090. The Balaban J connectivity index is 1.94. The largest absolute Gasteiger partial charge is 0.350 e. The molecule has 0 saturated carbocycles. The van der Waals surface area contributed by atoms with Crippen LogP contribution in [0, 0.1) is 6.92 Å². The third kappa shape index (κ3) is 6.84. The van der Waals surface area contributed by atoms with Gasteiger partial charge in [0, 0.05) is 19.2 Å². The second kappa shape index (κ2) is 9.61. The predicted molar refractivity (Wildman–Crippen MR) is 119 cm³/mol. The first kappa shape index (κ1) is 23.9. The van der Waals surface area contributed by atoms with E-state index >= 15 is 0 Å². The van der Waals surface area contributed by atoms with E-state index in [4.69, 9.17) is 0 Å². The lowest BCUT2D eigenvalue weighted by Gasteiger charge is -2.23. The standard InChI is InChI=1S/C21H28N2O5S2/c1-16-7-5-8-19(15-16)23(30(4,27)28)14-6-9-21(24)22-17(2)18-10-12-20(13-11-18)29(3,25)26/h5,7-8,10-13,15,17H,6,9,14H2,1-4H3,(H,22,24)/t17-/m1/s1. The van der Waals surface area contributed by atoms with Crippen LogP contribution in [0.2, 0.25) is 0 Å². The number of hydrogen-bond donors (Lipinski definition) is 1. The van der Waals surface area contributed by atoms with Gasteiger partial charge in [-0.3, -0.25) is 9.10 Å². The molecule has 0 bridgehead atoms. The van der Waals surface area contributed by atoms with Crippen LogP contribution in [0.25, 0.3) is 0 Å². The van der Waals surface area contributed by atoms with Crippen molar-refractivity contribution in [3.05, 3.63) is 59.7 Å². The van der Waals surface area contributed by atoms with Crippen molar-refractivity contribution < 1.29 is 21.6 Å². The van der Waals surface area contributed by atoms with Crippen molar-refractivity contribution in [2.24, 2.45) is 0 Å². The number of nitrogens with one attached hydrogen (secondary N) is 1. The minimum atomic E-state index is -3.46. The average Bonchev–Trinajstić information content (AvgIpc) is 2.63. The number of hydrogen-bond acceptors (Lipinski definition) is 5. The van der Waals surface area contributed by atoms with Crippen molar-refractivity contribution in [2.45, 2.75) is 37.6 Å². The predicted octanol–water partition coefficient (Wildman–Crippen LogP) is 2.82. The topological polar surface area (TPSA) is 101 Å². The number of sulfone groups is 1. The Kier molecular flexibility index (Phi) is 7.65. The van der Waals surface area contributed by atoms with Gasteiger partial charge in [-0.05, 0) is 55.7 Å². The van der Waals surface area contributed by atoms with Gasteiger partial charge >= 0.3 is 0 Å². The summed E-state index contributed by atoms with van der Waals surface area (Å²) in [4.78, 5) is 12.5. The number of sulfonamides is 1. The van der Waals surface area contributed by atoms with E-state index < -0.39 is 19.9 Å². The van der Waals surface area contributed by atoms with Crippen LogP contribution in [-0.2, 0) is 24.7 Å². The number of nitrogens with zero attached hydrogens (tertiary/aromatic N) is 1. The lowest BCUT2D eigenvalue weighted by Crippen LogP contribution is -2.32. The zero-order chi connectivity index (χ0) is 22.5. The van der Waals surface area contributed by atoms with Gasteiger partial charge in [-0.25, -0.2) is 16.8 Å². The number of aryl methyl sites for hydroxylation is 1. The van der Waals surface area contributed by atoms with Crippen LogP contribution in [0.5, 0.6) is 0 Å². The molecule has 164 valence electrons. The van der Waals surface area contributed by atoms with Crippen LogP contribution in [-0.4, -0.2) is 41.8 Å². The molecule has 1 amide bonds. The maximum absolute atomic E-state index is 12.3. The first-order valence-electron chi connectivity index (χ1n) is 9.51. The summed E-state index contributed by atoms with van der Waals surface area (Å²) in [6.45, 7) is 3.90. The van der Waals surface area contributed by atoms with Crippen molar-refractivity contribution in [3.63, 3.8) is 0 Å². The molecular formula is C21H28N2O5S2. The third-order valence-electron chi connectivity index (χ3n) is 4.64. The van der Waals surface area contributed by atoms with E-state index in [1.807, 2.05) is 19.9 Å². The zero-order valence-corrected chi connectivity index (χ0v) is 19.3. The van der Waals surface area contributed by atoms with Crippen molar-refractivity contribution in [2.75, 3.05) is 23.4 Å². The minimum Gasteiger partial charge on any atom is -0.350 e. The van der Waals surface area contributed by atoms with E-state index in [0.717, 1.165) is 23.6 Å². The van der Waals surface area contributed by atoms with Gasteiger partial charge in [0.15, 0.2) is 9.84 Å². The fourth-order valence-corrected chi connectivity index (χ4v) is 4.64. The van der Waals surface area contributed by atoms with Crippen LogP contribution in [0.15, 0.2) is 53.4 Å². The number of anilines is 1. The highest BCUT2D eigenvalue weighted by molar-refractivity contribution is 7.92. The van der Waals surface area contributed by atoms with Gasteiger partial charge < -0.3 is 5.32 Å². The summed E-state index contributed by atoms with van der Waals surface area (Å²) in [5.74, 6) is -0.201. The van der Waals surface area contributed by atoms with Crippen molar-refractivity contribution >= 4 is 31.5 Å².